The van der Waals surface area contributed by atoms with Gasteiger partial charge in [0.05, 0.1) is 6.26 Å². The summed E-state index contributed by atoms with van der Waals surface area (Å²) < 4.78 is 6.08. The maximum atomic E-state index is 5.25. The summed E-state index contributed by atoms with van der Waals surface area (Å²) in [6.07, 6.45) is 4.50. The van der Waals surface area contributed by atoms with Gasteiger partial charge in [0.25, 0.3) is 0 Å². The zero-order valence-electron chi connectivity index (χ0n) is 9.42. The van der Waals surface area contributed by atoms with Gasteiger partial charge in [0.2, 0.25) is 0 Å². The van der Waals surface area contributed by atoms with Crippen molar-refractivity contribution >= 4 is 15.9 Å². The van der Waals surface area contributed by atoms with Crippen LogP contribution in [0, 0.1) is 5.41 Å². The van der Waals surface area contributed by atoms with Crippen LogP contribution >= 0.6 is 15.9 Å². The molecule has 1 fully saturated rings. The molecule has 0 aromatic carbocycles. The lowest BCUT2D eigenvalue weighted by Gasteiger charge is -2.37. The molecule has 2 heterocycles. The van der Waals surface area contributed by atoms with Crippen LogP contribution in [-0.2, 0) is 6.54 Å². The number of hydrogen-bond acceptors (Lipinski definition) is 2. The molecular formula is C12H18BrNO. The maximum absolute atomic E-state index is 5.25. The van der Waals surface area contributed by atoms with Crippen molar-refractivity contribution in [3.05, 3.63) is 22.6 Å². The fourth-order valence-corrected chi connectivity index (χ4v) is 2.75. The Kier molecular flexibility index (Phi) is 3.21. The van der Waals surface area contributed by atoms with Crippen molar-refractivity contribution in [3.8, 4) is 0 Å². The normalized spacial score (nSPS) is 21.8. The van der Waals surface area contributed by atoms with Gasteiger partial charge in [0.1, 0.15) is 0 Å². The maximum Gasteiger partial charge on any atom is 0.169 e. The molecule has 0 atom stereocenters. The first-order valence-corrected chi connectivity index (χ1v) is 6.30. The first kappa shape index (κ1) is 11.2. The van der Waals surface area contributed by atoms with Gasteiger partial charge < -0.3 is 4.42 Å². The van der Waals surface area contributed by atoms with Crippen LogP contribution in [0.15, 0.2) is 21.4 Å². The van der Waals surface area contributed by atoms with Crippen LogP contribution in [0.1, 0.15) is 32.3 Å². The first-order chi connectivity index (χ1) is 7.05. The van der Waals surface area contributed by atoms with Crippen molar-refractivity contribution in [1.82, 2.24) is 4.90 Å². The van der Waals surface area contributed by atoms with Gasteiger partial charge in [-0.1, -0.05) is 13.8 Å². The minimum absolute atomic E-state index is 0.471. The zero-order chi connectivity index (χ0) is 10.9. The van der Waals surface area contributed by atoms with Gasteiger partial charge in [-0.3, -0.25) is 4.90 Å². The minimum Gasteiger partial charge on any atom is -0.457 e. The molecule has 3 heteroatoms. The topological polar surface area (TPSA) is 16.4 Å². The number of rotatable bonds is 2. The summed E-state index contributed by atoms with van der Waals surface area (Å²) in [5.74, 6) is 0. The highest BCUT2D eigenvalue weighted by Crippen LogP contribution is 2.29. The van der Waals surface area contributed by atoms with E-state index in [0.29, 0.717) is 5.41 Å². The predicted molar refractivity (Wildman–Crippen MR) is 64.7 cm³/mol. The van der Waals surface area contributed by atoms with Crippen molar-refractivity contribution < 1.29 is 4.42 Å². The van der Waals surface area contributed by atoms with E-state index >= 15 is 0 Å². The Bertz CT molecular complexity index is 332. The van der Waals surface area contributed by atoms with E-state index in [1.807, 2.05) is 6.26 Å². The molecule has 1 aromatic rings. The fourth-order valence-electron chi connectivity index (χ4n) is 2.37. The van der Waals surface area contributed by atoms with Crippen LogP contribution in [0.25, 0.3) is 0 Å². The van der Waals surface area contributed by atoms with Gasteiger partial charge in [0, 0.05) is 18.7 Å². The summed E-state index contributed by atoms with van der Waals surface area (Å²) in [6, 6.07) is 2.06. The summed E-state index contributed by atoms with van der Waals surface area (Å²) in [5, 5.41) is 0. The molecule has 1 saturated heterocycles. The molecule has 1 aliphatic heterocycles. The molecule has 0 bridgehead atoms. The third kappa shape index (κ3) is 3.08. The van der Waals surface area contributed by atoms with Crippen LogP contribution in [0.5, 0.6) is 0 Å². The summed E-state index contributed by atoms with van der Waals surface area (Å²) in [7, 11) is 0. The summed E-state index contributed by atoms with van der Waals surface area (Å²) >= 11 is 3.33. The molecule has 0 aliphatic carbocycles. The zero-order valence-corrected chi connectivity index (χ0v) is 11.0. The van der Waals surface area contributed by atoms with Crippen LogP contribution in [0.3, 0.4) is 0 Å². The van der Waals surface area contributed by atoms with Gasteiger partial charge in [0.15, 0.2) is 4.67 Å². The second-order valence-electron chi connectivity index (χ2n) is 5.24. The van der Waals surface area contributed by atoms with Crippen molar-refractivity contribution in [2.75, 3.05) is 13.1 Å². The number of likely N-dealkylation sites (tertiary alicyclic amines) is 1. The standard InChI is InChI=1S/C12H18BrNO/c1-12(2)4-3-5-14(9-12)7-10-6-11(13)15-8-10/h6,8H,3-5,7,9H2,1-2H3. The number of nitrogens with zero attached hydrogens (tertiary/aromatic N) is 1. The molecule has 0 radical (unpaired) electrons. The van der Waals surface area contributed by atoms with E-state index in [1.165, 1.54) is 31.5 Å². The second-order valence-corrected chi connectivity index (χ2v) is 6.02. The van der Waals surface area contributed by atoms with Crippen molar-refractivity contribution in [1.29, 1.82) is 0 Å². The molecule has 0 spiro atoms. The molecule has 0 unspecified atom stereocenters. The molecule has 84 valence electrons. The molecule has 0 N–H and O–H groups in total. The van der Waals surface area contributed by atoms with E-state index in [1.54, 1.807) is 0 Å². The third-order valence-corrected chi connectivity index (χ3v) is 3.42. The number of piperidine rings is 1. The Balaban J connectivity index is 1.95. The van der Waals surface area contributed by atoms with Crippen LogP contribution in [0.2, 0.25) is 0 Å². The number of furan rings is 1. The highest BCUT2D eigenvalue weighted by Gasteiger charge is 2.26. The Morgan fingerprint density at radius 3 is 2.93 bits per heavy atom. The van der Waals surface area contributed by atoms with E-state index < -0.39 is 0 Å². The van der Waals surface area contributed by atoms with Gasteiger partial charge in [-0.25, -0.2) is 0 Å². The van der Waals surface area contributed by atoms with Crippen LogP contribution < -0.4 is 0 Å². The fraction of sp³-hybridized carbons (Fsp3) is 0.667. The summed E-state index contributed by atoms with van der Waals surface area (Å²) in [4.78, 5) is 2.51. The SMILES string of the molecule is CC1(C)CCCN(Cc2coc(Br)c2)C1. The predicted octanol–water partition coefficient (Wildman–Crippen LogP) is 3.66. The molecule has 1 aromatic heterocycles. The Hall–Kier alpha value is -0.280. The summed E-state index contributed by atoms with van der Waals surface area (Å²) in [5.41, 5.74) is 1.73. The Morgan fingerprint density at radius 2 is 2.33 bits per heavy atom. The largest absolute Gasteiger partial charge is 0.457 e. The van der Waals surface area contributed by atoms with E-state index in [4.69, 9.17) is 4.42 Å². The number of halogens is 1. The molecule has 1 aliphatic rings. The molecule has 15 heavy (non-hydrogen) atoms. The highest BCUT2D eigenvalue weighted by molar-refractivity contribution is 9.10. The van der Waals surface area contributed by atoms with Crippen molar-refractivity contribution in [3.63, 3.8) is 0 Å². The van der Waals surface area contributed by atoms with Crippen LogP contribution in [0.4, 0.5) is 0 Å². The quantitative estimate of drug-likeness (QED) is 0.816. The molecule has 2 rings (SSSR count). The molecular weight excluding hydrogens is 254 g/mol. The minimum atomic E-state index is 0.471. The third-order valence-electron chi connectivity index (χ3n) is 3.01. The lowest BCUT2D eigenvalue weighted by molar-refractivity contribution is 0.111. The van der Waals surface area contributed by atoms with Gasteiger partial charge in [-0.2, -0.15) is 0 Å². The van der Waals surface area contributed by atoms with Crippen molar-refractivity contribution in [2.24, 2.45) is 5.41 Å². The van der Waals surface area contributed by atoms with E-state index in [9.17, 15) is 0 Å². The van der Waals surface area contributed by atoms with E-state index in [2.05, 4.69) is 40.7 Å². The second kappa shape index (κ2) is 4.30. The van der Waals surface area contributed by atoms with Gasteiger partial charge in [-0.15, -0.1) is 0 Å². The molecule has 0 saturated carbocycles. The highest BCUT2D eigenvalue weighted by atomic mass is 79.9. The first-order valence-electron chi connectivity index (χ1n) is 5.50. The molecule has 2 nitrogen and oxygen atoms in total. The van der Waals surface area contributed by atoms with E-state index in [0.717, 1.165) is 11.2 Å². The average Bonchev–Trinajstić information content (AvgIpc) is 2.49. The Labute approximate surface area is 99.8 Å². The smallest absolute Gasteiger partial charge is 0.169 e. The van der Waals surface area contributed by atoms with E-state index in [-0.39, 0.29) is 0 Å². The Morgan fingerprint density at radius 1 is 1.53 bits per heavy atom. The monoisotopic (exact) mass is 271 g/mol. The van der Waals surface area contributed by atoms with Crippen molar-refractivity contribution in [2.45, 2.75) is 33.2 Å². The average molecular weight is 272 g/mol. The molecule has 0 amide bonds. The lowest BCUT2D eigenvalue weighted by Crippen LogP contribution is -2.39. The summed E-state index contributed by atoms with van der Waals surface area (Å²) in [6.45, 7) is 8.12. The van der Waals surface area contributed by atoms with Crippen LogP contribution in [-0.4, -0.2) is 18.0 Å². The van der Waals surface area contributed by atoms with Gasteiger partial charge in [-0.05, 0) is 46.8 Å². The van der Waals surface area contributed by atoms with Gasteiger partial charge >= 0.3 is 0 Å². The number of hydrogen-bond donors (Lipinski definition) is 0. The lowest BCUT2D eigenvalue weighted by atomic mass is 9.84.